The van der Waals surface area contributed by atoms with Crippen molar-refractivity contribution in [3.05, 3.63) is 52.4 Å². The fourth-order valence-electron chi connectivity index (χ4n) is 5.71. The molecule has 6 heteroatoms. The quantitative estimate of drug-likeness (QED) is 0.708. The highest BCUT2D eigenvalue weighted by Crippen LogP contribution is 2.40. The summed E-state index contributed by atoms with van der Waals surface area (Å²) in [4.78, 5) is 29.0. The number of hydrogen-bond acceptors (Lipinski definition) is 3. The molecule has 31 heavy (non-hydrogen) atoms. The van der Waals surface area contributed by atoms with Gasteiger partial charge < -0.3 is 14.8 Å². The molecule has 3 aliphatic rings. The summed E-state index contributed by atoms with van der Waals surface area (Å²) < 4.78 is 1.98. The molecule has 2 unspecified atom stereocenters. The topological polar surface area (TPSA) is 54.3 Å². The van der Waals surface area contributed by atoms with Crippen molar-refractivity contribution in [2.45, 2.75) is 61.9 Å². The number of thioether (sulfide) groups is 1. The van der Waals surface area contributed by atoms with E-state index in [2.05, 4.69) is 35.8 Å². The molecule has 5 rings (SSSR count). The maximum absolute atomic E-state index is 13.0. The smallest absolute Gasteiger partial charge is 0.317 e. The molecule has 0 spiro atoms. The molecule has 2 amide bonds. The van der Waals surface area contributed by atoms with Gasteiger partial charge in [0.15, 0.2) is 0 Å². The Morgan fingerprint density at radius 1 is 1.00 bits per heavy atom. The predicted octanol–water partition coefficient (Wildman–Crippen LogP) is 4.70. The van der Waals surface area contributed by atoms with Crippen LogP contribution in [0.15, 0.2) is 46.1 Å². The molecule has 5 nitrogen and oxygen atoms in total. The maximum Gasteiger partial charge on any atom is 0.317 e. The number of likely N-dealkylation sites (tertiary alicyclic amines) is 1. The molecule has 164 valence electrons. The van der Waals surface area contributed by atoms with Crippen molar-refractivity contribution < 1.29 is 4.79 Å². The summed E-state index contributed by atoms with van der Waals surface area (Å²) >= 11 is 1.73. The van der Waals surface area contributed by atoms with Crippen LogP contribution in [0, 0.1) is 5.92 Å². The number of pyridine rings is 1. The number of fused-ring (bicyclic) bond motifs is 4. The normalized spacial score (nSPS) is 23.3. The molecule has 1 aromatic carbocycles. The van der Waals surface area contributed by atoms with Gasteiger partial charge in [0.2, 0.25) is 0 Å². The van der Waals surface area contributed by atoms with Crippen LogP contribution in [0.5, 0.6) is 0 Å². The van der Waals surface area contributed by atoms with Crippen LogP contribution in [-0.4, -0.2) is 40.9 Å². The van der Waals surface area contributed by atoms with Gasteiger partial charge in [0.05, 0.1) is 0 Å². The maximum atomic E-state index is 13.0. The van der Waals surface area contributed by atoms with Crippen molar-refractivity contribution in [2.75, 3.05) is 19.3 Å². The molecule has 1 N–H and O–H groups in total. The Morgan fingerprint density at radius 2 is 1.77 bits per heavy atom. The number of aromatic nitrogens is 1. The molecular formula is C25H31N3O2S. The summed E-state index contributed by atoms with van der Waals surface area (Å²) in [6.07, 6.45) is 9.03. The van der Waals surface area contributed by atoms with E-state index in [1.807, 2.05) is 15.5 Å². The molecule has 0 radical (unpaired) electrons. The van der Waals surface area contributed by atoms with Crippen LogP contribution in [0.4, 0.5) is 4.79 Å². The summed E-state index contributed by atoms with van der Waals surface area (Å²) in [5.41, 5.74) is 3.46. The van der Waals surface area contributed by atoms with Crippen molar-refractivity contribution in [1.82, 2.24) is 14.8 Å². The first kappa shape index (κ1) is 20.7. The highest BCUT2D eigenvalue weighted by Gasteiger charge is 2.38. The molecule has 2 aliphatic heterocycles. The van der Waals surface area contributed by atoms with Crippen molar-refractivity contribution in [1.29, 1.82) is 0 Å². The largest absolute Gasteiger partial charge is 0.335 e. The first-order valence-electron chi connectivity index (χ1n) is 11.6. The van der Waals surface area contributed by atoms with Gasteiger partial charge in [-0.3, -0.25) is 4.79 Å². The number of nitrogens with one attached hydrogen (secondary N) is 1. The van der Waals surface area contributed by atoms with Crippen molar-refractivity contribution in [2.24, 2.45) is 5.92 Å². The number of rotatable bonds is 3. The Balaban J connectivity index is 1.42. The summed E-state index contributed by atoms with van der Waals surface area (Å²) in [6.45, 7) is 2.14. The Bertz CT molecular complexity index is 1010. The molecule has 1 aromatic heterocycles. The van der Waals surface area contributed by atoms with Gasteiger partial charge in [-0.25, -0.2) is 4.79 Å². The number of carbonyl (C=O) groups is 1. The van der Waals surface area contributed by atoms with E-state index in [0.29, 0.717) is 25.0 Å². The minimum atomic E-state index is 0.0780. The van der Waals surface area contributed by atoms with Crippen LogP contribution in [-0.2, 0) is 6.54 Å². The summed E-state index contributed by atoms with van der Waals surface area (Å²) in [5.74, 6) is 0.545. The third kappa shape index (κ3) is 4.14. The lowest BCUT2D eigenvalue weighted by Gasteiger charge is -2.44. The first-order chi connectivity index (χ1) is 15.1. The molecule has 3 heterocycles. The van der Waals surface area contributed by atoms with Crippen molar-refractivity contribution in [3.8, 4) is 11.1 Å². The Hall–Kier alpha value is -2.21. The van der Waals surface area contributed by atoms with Gasteiger partial charge in [0.1, 0.15) is 0 Å². The Kier molecular flexibility index (Phi) is 5.83. The van der Waals surface area contributed by atoms with Crippen LogP contribution in [0.2, 0.25) is 0 Å². The molecule has 2 atom stereocenters. The highest BCUT2D eigenvalue weighted by molar-refractivity contribution is 7.98. The van der Waals surface area contributed by atoms with E-state index in [4.69, 9.17) is 0 Å². The van der Waals surface area contributed by atoms with Crippen LogP contribution in [0.3, 0.4) is 0 Å². The minimum absolute atomic E-state index is 0.0780. The molecule has 2 fully saturated rings. The zero-order chi connectivity index (χ0) is 21.4. The van der Waals surface area contributed by atoms with Gasteiger partial charge in [-0.1, -0.05) is 31.4 Å². The summed E-state index contributed by atoms with van der Waals surface area (Å²) in [5, 5.41) is 3.29. The van der Waals surface area contributed by atoms with Crippen LogP contribution >= 0.6 is 11.8 Å². The lowest BCUT2D eigenvalue weighted by Crippen LogP contribution is -2.53. The number of benzene rings is 1. The molecule has 2 aromatic rings. The number of piperidine rings is 1. The fraction of sp³-hybridized carbons (Fsp3) is 0.520. The summed E-state index contributed by atoms with van der Waals surface area (Å²) in [7, 11) is 0. The van der Waals surface area contributed by atoms with E-state index in [-0.39, 0.29) is 17.5 Å². The first-order valence-corrected chi connectivity index (χ1v) is 12.8. The van der Waals surface area contributed by atoms with E-state index >= 15 is 0 Å². The minimum Gasteiger partial charge on any atom is -0.335 e. The SMILES string of the molecule is CSc1ccc(-c2ccc(=O)n3c2C2CC(CN(C(=O)NC4CCCCC4)C2)C3)cc1. The number of hydrogen-bond donors (Lipinski definition) is 1. The lowest BCUT2D eigenvalue weighted by atomic mass is 9.80. The molecule has 2 bridgehead atoms. The monoisotopic (exact) mass is 437 g/mol. The molecular weight excluding hydrogens is 406 g/mol. The van der Waals surface area contributed by atoms with E-state index in [1.165, 1.54) is 24.2 Å². The zero-order valence-electron chi connectivity index (χ0n) is 18.2. The number of urea groups is 1. The van der Waals surface area contributed by atoms with Gasteiger partial charge in [-0.05, 0) is 55.2 Å². The van der Waals surface area contributed by atoms with E-state index in [1.54, 1.807) is 17.8 Å². The average molecular weight is 438 g/mol. The second-order valence-corrected chi connectivity index (χ2v) is 10.2. The average Bonchev–Trinajstić information content (AvgIpc) is 2.80. The highest BCUT2D eigenvalue weighted by atomic mass is 32.2. The Morgan fingerprint density at radius 3 is 2.52 bits per heavy atom. The molecule has 1 aliphatic carbocycles. The second-order valence-electron chi connectivity index (χ2n) is 9.30. The standard InChI is InChI=1S/C25H31N3O2S/c1-31-21-9-7-18(8-10-21)22-11-12-23(29)28-15-17-13-19(24(22)28)16-27(14-17)25(30)26-20-5-3-2-4-6-20/h7-12,17,19-20H,2-6,13-16H2,1H3,(H,26,30). The Labute approximate surface area is 188 Å². The van der Waals surface area contributed by atoms with Gasteiger partial charge in [-0.15, -0.1) is 11.8 Å². The number of nitrogens with zero attached hydrogens (tertiary/aromatic N) is 2. The van der Waals surface area contributed by atoms with Gasteiger partial charge in [0.25, 0.3) is 5.56 Å². The van der Waals surface area contributed by atoms with E-state index in [9.17, 15) is 9.59 Å². The molecule has 1 saturated carbocycles. The van der Waals surface area contributed by atoms with Crippen LogP contribution in [0.25, 0.3) is 11.1 Å². The summed E-state index contributed by atoms with van der Waals surface area (Å²) in [6, 6.07) is 12.7. The third-order valence-corrected chi connectivity index (χ3v) is 7.95. The fourth-order valence-corrected chi connectivity index (χ4v) is 6.12. The van der Waals surface area contributed by atoms with E-state index in [0.717, 1.165) is 42.6 Å². The van der Waals surface area contributed by atoms with Gasteiger partial charge in [0, 0.05) is 53.8 Å². The van der Waals surface area contributed by atoms with E-state index < -0.39 is 0 Å². The third-order valence-electron chi connectivity index (χ3n) is 7.21. The van der Waals surface area contributed by atoms with Crippen molar-refractivity contribution in [3.63, 3.8) is 0 Å². The van der Waals surface area contributed by atoms with Gasteiger partial charge in [-0.2, -0.15) is 0 Å². The predicted molar refractivity (Wildman–Crippen MR) is 126 cm³/mol. The second kappa shape index (κ2) is 8.73. The van der Waals surface area contributed by atoms with Gasteiger partial charge >= 0.3 is 6.03 Å². The zero-order valence-corrected chi connectivity index (χ0v) is 19.0. The van der Waals surface area contributed by atoms with Crippen LogP contribution < -0.4 is 10.9 Å². The van der Waals surface area contributed by atoms with Crippen LogP contribution in [0.1, 0.15) is 50.1 Å². The number of amides is 2. The lowest BCUT2D eigenvalue weighted by molar-refractivity contribution is 0.128. The van der Waals surface area contributed by atoms with Crippen molar-refractivity contribution >= 4 is 17.8 Å². The number of carbonyl (C=O) groups excluding carboxylic acids is 1. The molecule has 1 saturated heterocycles.